The van der Waals surface area contributed by atoms with Crippen molar-refractivity contribution in [3.63, 3.8) is 0 Å². The number of nitrogens with zero attached hydrogens (tertiary/aromatic N) is 1. The summed E-state index contributed by atoms with van der Waals surface area (Å²) in [6.45, 7) is 1.98. The van der Waals surface area contributed by atoms with Gasteiger partial charge in [-0.25, -0.2) is 4.39 Å². The summed E-state index contributed by atoms with van der Waals surface area (Å²) in [5.74, 6) is 0.484. The smallest absolute Gasteiger partial charge is 0.123 e. The third-order valence-electron chi connectivity index (χ3n) is 3.07. The first kappa shape index (κ1) is 14.9. The summed E-state index contributed by atoms with van der Waals surface area (Å²) < 4.78 is 18.7. The van der Waals surface area contributed by atoms with E-state index in [1.54, 1.807) is 19.2 Å². The highest BCUT2D eigenvalue weighted by atomic mass is 19.1. The number of ether oxygens (including phenoxy) is 1. The Hall–Kier alpha value is -1.13. The van der Waals surface area contributed by atoms with Crippen molar-refractivity contribution in [2.24, 2.45) is 5.73 Å². The van der Waals surface area contributed by atoms with Gasteiger partial charge in [0, 0.05) is 17.6 Å². The lowest BCUT2D eigenvalue weighted by atomic mass is 9.98. The number of benzene rings is 1. The van der Waals surface area contributed by atoms with Gasteiger partial charge in [0.2, 0.25) is 0 Å². The fourth-order valence-electron chi connectivity index (χ4n) is 2.08. The second-order valence-electron chi connectivity index (χ2n) is 4.92. The molecule has 0 saturated carbocycles. The van der Waals surface area contributed by atoms with Crippen molar-refractivity contribution in [1.29, 1.82) is 0 Å². The molecule has 1 rings (SSSR count). The quantitative estimate of drug-likeness (QED) is 0.848. The van der Waals surface area contributed by atoms with E-state index in [1.807, 2.05) is 21.0 Å². The highest BCUT2D eigenvalue weighted by Crippen LogP contribution is 2.32. The maximum atomic E-state index is 13.4. The second-order valence-corrected chi connectivity index (χ2v) is 4.92. The van der Waals surface area contributed by atoms with Crippen LogP contribution in [0.5, 0.6) is 5.75 Å². The van der Waals surface area contributed by atoms with Crippen molar-refractivity contribution in [3.8, 4) is 5.75 Å². The lowest BCUT2D eigenvalue weighted by Crippen LogP contribution is -2.24. The van der Waals surface area contributed by atoms with E-state index in [9.17, 15) is 4.39 Å². The van der Waals surface area contributed by atoms with Gasteiger partial charge in [-0.3, -0.25) is 0 Å². The van der Waals surface area contributed by atoms with Crippen LogP contribution in [0.25, 0.3) is 0 Å². The van der Waals surface area contributed by atoms with Gasteiger partial charge < -0.3 is 15.4 Å². The van der Waals surface area contributed by atoms with Gasteiger partial charge in [0.25, 0.3) is 0 Å². The summed E-state index contributed by atoms with van der Waals surface area (Å²) in [6.07, 6.45) is 1.77. The predicted molar refractivity (Wildman–Crippen MR) is 72.3 cm³/mol. The van der Waals surface area contributed by atoms with Gasteiger partial charge in [0.05, 0.1) is 7.11 Å². The van der Waals surface area contributed by atoms with Crippen molar-refractivity contribution in [2.75, 3.05) is 21.2 Å². The minimum atomic E-state index is -0.238. The standard InChI is InChI=1S/C14H23FN2O/c1-10(16)5-7-13(17(2)3)12-9-11(15)6-8-14(12)18-4/h6,8-10,13H,5,7,16H2,1-4H3. The minimum absolute atomic E-state index is 0.113. The third kappa shape index (κ3) is 3.96. The van der Waals surface area contributed by atoms with Gasteiger partial charge >= 0.3 is 0 Å². The molecule has 102 valence electrons. The van der Waals surface area contributed by atoms with E-state index < -0.39 is 0 Å². The largest absolute Gasteiger partial charge is 0.496 e. The Labute approximate surface area is 109 Å². The van der Waals surface area contributed by atoms with E-state index in [4.69, 9.17) is 10.5 Å². The molecule has 1 aromatic rings. The molecule has 0 aliphatic carbocycles. The van der Waals surface area contributed by atoms with Gasteiger partial charge in [-0.1, -0.05) is 0 Å². The van der Waals surface area contributed by atoms with Gasteiger partial charge in [-0.05, 0) is 52.1 Å². The molecule has 2 N–H and O–H groups in total. The number of halogens is 1. The molecular weight excluding hydrogens is 231 g/mol. The molecule has 0 radical (unpaired) electrons. The average molecular weight is 254 g/mol. The van der Waals surface area contributed by atoms with Crippen LogP contribution in [0.4, 0.5) is 4.39 Å². The van der Waals surface area contributed by atoms with Gasteiger partial charge in [-0.2, -0.15) is 0 Å². The topological polar surface area (TPSA) is 38.5 Å². The average Bonchev–Trinajstić information content (AvgIpc) is 2.28. The van der Waals surface area contributed by atoms with Crippen molar-refractivity contribution in [3.05, 3.63) is 29.6 Å². The van der Waals surface area contributed by atoms with E-state index in [1.165, 1.54) is 6.07 Å². The van der Waals surface area contributed by atoms with Gasteiger partial charge in [-0.15, -0.1) is 0 Å². The summed E-state index contributed by atoms with van der Waals surface area (Å²) in [5.41, 5.74) is 6.67. The Morgan fingerprint density at radius 2 is 2.00 bits per heavy atom. The Kier molecular flexibility index (Phi) is 5.56. The van der Waals surface area contributed by atoms with Crippen LogP contribution in [-0.4, -0.2) is 32.1 Å². The van der Waals surface area contributed by atoms with Crippen LogP contribution in [0, 0.1) is 5.82 Å². The van der Waals surface area contributed by atoms with E-state index in [2.05, 4.69) is 4.90 Å². The zero-order valence-electron chi connectivity index (χ0n) is 11.6. The zero-order valence-corrected chi connectivity index (χ0v) is 11.6. The summed E-state index contributed by atoms with van der Waals surface area (Å²) in [4.78, 5) is 2.07. The summed E-state index contributed by atoms with van der Waals surface area (Å²) in [7, 11) is 5.57. The Morgan fingerprint density at radius 1 is 1.33 bits per heavy atom. The Morgan fingerprint density at radius 3 is 2.50 bits per heavy atom. The van der Waals surface area contributed by atoms with Crippen LogP contribution in [-0.2, 0) is 0 Å². The molecule has 0 fully saturated rings. The normalized spacial score (nSPS) is 14.6. The van der Waals surface area contributed by atoms with Crippen LogP contribution < -0.4 is 10.5 Å². The van der Waals surface area contributed by atoms with E-state index >= 15 is 0 Å². The molecule has 1 aromatic carbocycles. The first-order chi connectivity index (χ1) is 8.45. The number of hydrogen-bond donors (Lipinski definition) is 1. The summed E-state index contributed by atoms with van der Waals surface area (Å²) in [5, 5.41) is 0. The molecule has 0 saturated heterocycles. The lowest BCUT2D eigenvalue weighted by Gasteiger charge is -2.27. The highest BCUT2D eigenvalue weighted by molar-refractivity contribution is 5.36. The molecule has 0 aliphatic heterocycles. The highest BCUT2D eigenvalue weighted by Gasteiger charge is 2.19. The molecule has 3 nitrogen and oxygen atoms in total. The minimum Gasteiger partial charge on any atom is -0.496 e. The molecule has 0 spiro atoms. The van der Waals surface area contributed by atoms with Crippen LogP contribution in [0.1, 0.15) is 31.4 Å². The van der Waals surface area contributed by atoms with Crippen molar-refractivity contribution in [2.45, 2.75) is 31.8 Å². The SMILES string of the molecule is COc1ccc(F)cc1C(CCC(C)N)N(C)C. The Bertz CT molecular complexity index is 380. The molecule has 0 aromatic heterocycles. The summed E-state index contributed by atoms with van der Waals surface area (Å²) >= 11 is 0. The second kappa shape index (κ2) is 6.71. The monoisotopic (exact) mass is 254 g/mol. The van der Waals surface area contributed by atoms with Gasteiger partial charge in [0.15, 0.2) is 0 Å². The molecule has 2 atom stereocenters. The van der Waals surface area contributed by atoms with Crippen LogP contribution in [0.3, 0.4) is 0 Å². The van der Waals surface area contributed by atoms with E-state index in [0.717, 1.165) is 24.2 Å². The number of rotatable bonds is 6. The maximum Gasteiger partial charge on any atom is 0.123 e. The van der Waals surface area contributed by atoms with Crippen LogP contribution >= 0.6 is 0 Å². The van der Waals surface area contributed by atoms with E-state index in [0.29, 0.717) is 0 Å². The number of nitrogens with two attached hydrogens (primary N) is 1. The fourth-order valence-corrected chi connectivity index (χ4v) is 2.08. The molecule has 18 heavy (non-hydrogen) atoms. The molecular formula is C14H23FN2O. The molecule has 0 heterocycles. The van der Waals surface area contributed by atoms with Crippen molar-refractivity contribution < 1.29 is 9.13 Å². The number of methoxy groups -OCH3 is 1. The van der Waals surface area contributed by atoms with Crippen LogP contribution in [0.2, 0.25) is 0 Å². The first-order valence-corrected chi connectivity index (χ1v) is 6.21. The molecule has 0 amide bonds. The molecule has 4 heteroatoms. The Balaban J connectivity index is 3.00. The fraction of sp³-hybridized carbons (Fsp3) is 0.571. The lowest BCUT2D eigenvalue weighted by molar-refractivity contribution is 0.265. The maximum absolute atomic E-state index is 13.4. The van der Waals surface area contributed by atoms with Crippen molar-refractivity contribution >= 4 is 0 Å². The number of hydrogen-bond acceptors (Lipinski definition) is 3. The summed E-state index contributed by atoms with van der Waals surface area (Å²) in [6, 6.07) is 4.90. The van der Waals surface area contributed by atoms with Crippen molar-refractivity contribution in [1.82, 2.24) is 4.90 Å². The molecule has 2 unspecified atom stereocenters. The zero-order chi connectivity index (χ0) is 13.7. The van der Waals surface area contributed by atoms with E-state index in [-0.39, 0.29) is 17.9 Å². The predicted octanol–water partition coefficient (Wildman–Crippen LogP) is 2.56. The molecule has 0 aliphatic rings. The molecule has 0 bridgehead atoms. The third-order valence-corrected chi connectivity index (χ3v) is 3.07. The first-order valence-electron chi connectivity index (χ1n) is 6.21. The van der Waals surface area contributed by atoms with Crippen LogP contribution in [0.15, 0.2) is 18.2 Å². The van der Waals surface area contributed by atoms with Gasteiger partial charge in [0.1, 0.15) is 11.6 Å².